The fourth-order valence-electron chi connectivity index (χ4n) is 2.70. The van der Waals surface area contributed by atoms with Gasteiger partial charge >= 0.3 is 0 Å². The van der Waals surface area contributed by atoms with Crippen molar-refractivity contribution in [3.05, 3.63) is 35.4 Å². The van der Waals surface area contributed by atoms with Crippen molar-refractivity contribution in [2.75, 3.05) is 0 Å². The molecule has 2 nitrogen and oxygen atoms in total. The summed E-state index contributed by atoms with van der Waals surface area (Å²) >= 11 is 0. The summed E-state index contributed by atoms with van der Waals surface area (Å²) in [5.74, 6) is 0.103. The zero-order chi connectivity index (χ0) is 11.8. The van der Waals surface area contributed by atoms with Gasteiger partial charge in [0.25, 0.3) is 0 Å². The highest BCUT2D eigenvalue weighted by Crippen LogP contribution is 2.42. The molecular formula is C14H17NO. The van der Waals surface area contributed by atoms with Crippen LogP contribution in [-0.2, 0) is 11.8 Å². The van der Waals surface area contributed by atoms with Gasteiger partial charge in [-0.3, -0.25) is 0 Å². The molecule has 0 heterocycles. The topological polar surface area (TPSA) is 44.0 Å². The van der Waals surface area contributed by atoms with E-state index in [1.54, 1.807) is 0 Å². The van der Waals surface area contributed by atoms with Crippen molar-refractivity contribution in [1.29, 1.82) is 5.26 Å². The second kappa shape index (κ2) is 3.92. The van der Waals surface area contributed by atoms with Crippen LogP contribution in [0.2, 0.25) is 0 Å². The number of nitrogens with zero attached hydrogens (tertiary/aromatic N) is 1. The quantitative estimate of drug-likeness (QED) is 0.823. The predicted molar refractivity (Wildman–Crippen MR) is 62.9 cm³/mol. The van der Waals surface area contributed by atoms with Crippen molar-refractivity contribution < 1.29 is 5.11 Å². The molecule has 0 saturated carbocycles. The van der Waals surface area contributed by atoms with Crippen molar-refractivity contribution in [1.82, 2.24) is 0 Å². The first-order chi connectivity index (χ1) is 7.62. The summed E-state index contributed by atoms with van der Waals surface area (Å²) in [5.41, 5.74) is 1.55. The minimum Gasteiger partial charge on any atom is -0.391 e. The molecule has 2 atom stereocenters. The van der Waals surface area contributed by atoms with E-state index in [1.807, 2.05) is 32.0 Å². The molecule has 0 aliphatic heterocycles. The summed E-state index contributed by atoms with van der Waals surface area (Å²) in [7, 11) is 0. The van der Waals surface area contributed by atoms with Crippen LogP contribution in [0.25, 0.3) is 0 Å². The number of aliphatic hydroxyl groups is 1. The van der Waals surface area contributed by atoms with E-state index < -0.39 is 11.5 Å². The van der Waals surface area contributed by atoms with Crippen LogP contribution in [0.4, 0.5) is 0 Å². The highest BCUT2D eigenvalue weighted by molar-refractivity contribution is 5.45. The molecule has 1 aliphatic rings. The van der Waals surface area contributed by atoms with Gasteiger partial charge in [-0.1, -0.05) is 38.1 Å². The molecule has 0 bridgehead atoms. The maximum absolute atomic E-state index is 10.3. The average molecular weight is 215 g/mol. The van der Waals surface area contributed by atoms with Crippen molar-refractivity contribution in [2.45, 2.75) is 38.2 Å². The summed E-state index contributed by atoms with van der Waals surface area (Å²) in [6.45, 7) is 3.93. The van der Waals surface area contributed by atoms with Gasteiger partial charge in [-0.2, -0.15) is 5.26 Å². The Kier molecular flexibility index (Phi) is 2.73. The van der Waals surface area contributed by atoms with E-state index in [1.165, 1.54) is 5.56 Å². The van der Waals surface area contributed by atoms with Crippen LogP contribution in [0.5, 0.6) is 0 Å². The fraction of sp³-hybridized carbons (Fsp3) is 0.500. The lowest BCUT2D eigenvalue weighted by Crippen LogP contribution is -2.39. The Hall–Kier alpha value is -1.33. The third kappa shape index (κ3) is 1.44. The third-order valence-electron chi connectivity index (χ3n) is 3.62. The van der Waals surface area contributed by atoms with Crippen LogP contribution in [-0.4, -0.2) is 11.2 Å². The highest BCUT2D eigenvalue weighted by Gasteiger charge is 2.45. The van der Waals surface area contributed by atoms with Gasteiger partial charge in [0.05, 0.1) is 12.2 Å². The van der Waals surface area contributed by atoms with Crippen LogP contribution in [0.1, 0.15) is 31.4 Å². The smallest absolute Gasteiger partial charge is 0.109 e. The number of fused-ring (bicyclic) bond motifs is 1. The number of aryl methyl sites for hydroxylation is 1. The van der Waals surface area contributed by atoms with Crippen molar-refractivity contribution in [3.63, 3.8) is 0 Å². The van der Waals surface area contributed by atoms with E-state index in [0.29, 0.717) is 0 Å². The monoisotopic (exact) mass is 215 g/mol. The second-order valence-electron chi connectivity index (χ2n) is 4.93. The van der Waals surface area contributed by atoms with Gasteiger partial charge in [0.2, 0.25) is 0 Å². The lowest BCUT2D eigenvalue weighted by molar-refractivity contribution is 0.0666. The number of rotatable bonds is 2. The van der Waals surface area contributed by atoms with Crippen LogP contribution in [0, 0.1) is 17.2 Å². The molecule has 0 radical (unpaired) electrons. The Labute approximate surface area is 96.5 Å². The van der Waals surface area contributed by atoms with Crippen LogP contribution < -0.4 is 0 Å². The third-order valence-corrected chi connectivity index (χ3v) is 3.62. The molecule has 2 rings (SSSR count). The van der Waals surface area contributed by atoms with E-state index in [2.05, 4.69) is 12.1 Å². The van der Waals surface area contributed by atoms with Crippen molar-refractivity contribution in [2.24, 2.45) is 5.92 Å². The summed E-state index contributed by atoms with van der Waals surface area (Å²) in [4.78, 5) is 0. The Bertz CT molecular complexity index is 433. The molecule has 1 aromatic carbocycles. The summed E-state index contributed by atoms with van der Waals surface area (Å²) in [5, 5.41) is 19.8. The van der Waals surface area contributed by atoms with Gasteiger partial charge in [-0.15, -0.1) is 0 Å². The van der Waals surface area contributed by atoms with Crippen LogP contribution in [0.15, 0.2) is 24.3 Å². The lowest BCUT2D eigenvalue weighted by atomic mass is 9.74. The second-order valence-corrected chi connectivity index (χ2v) is 4.93. The van der Waals surface area contributed by atoms with E-state index in [-0.39, 0.29) is 5.92 Å². The molecule has 1 N–H and O–H groups in total. The van der Waals surface area contributed by atoms with Gasteiger partial charge in [0, 0.05) is 0 Å². The van der Waals surface area contributed by atoms with Gasteiger partial charge < -0.3 is 5.11 Å². The lowest BCUT2D eigenvalue weighted by Gasteiger charge is -2.31. The molecule has 0 fully saturated rings. The Morgan fingerprint density at radius 2 is 2.06 bits per heavy atom. The van der Waals surface area contributed by atoms with Crippen LogP contribution >= 0.6 is 0 Å². The average Bonchev–Trinajstić information content (AvgIpc) is 2.68. The molecule has 0 spiro atoms. The van der Waals surface area contributed by atoms with Gasteiger partial charge in [0.1, 0.15) is 5.41 Å². The molecule has 0 amide bonds. The zero-order valence-electron chi connectivity index (χ0n) is 9.77. The minimum atomic E-state index is -0.690. The Balaban J connectivity index is 2.51. The molecule has 1 aromatic rings. The first-order valence-electron chi connectivity index (χ1n) is 5.79. The van der Waals surface area contributed by atoms with Gasteiger partial charge in [0.15, 0.2) is 0 Å². The highest BCUT2D eigenvalue weighted by atomic mass is 16.3. The van der Waals surface area contributed by atoms with E-state index in [0.717, 1.165) is 18.4 Å². The SMILES string of the molecule is CC(C)C(O)C1(C#N)CCc2ccccc21. The minimum absolute atomic E-state index is 0.103. The zero-order valence-corrected chi connectivity index (χ0v) is 9.77. The summed E-state index contributed by atoms with van der Waals surface area (Å²) < 4.78 is 0. The molecule has 2 unspecified atom stereocenters. The summed E-state index contributed by atoms with van der Waals surface area (Å²) in [6, 6.07) is 10.3. The van der Waals surface area contributed by atoms with E-state index in [9.17, 15) is 10.4 Å². The largest absolute Gasteiger partial charge is 0.391 e. The van der Waals surface area contributed by atoms with E-state index in [4.69, 9.17) is 0 Å². The molecule has 16 heavy (non-hydrogen) atoms. The number of hydrogen-bond donors (Lipinski definition) is 1. The first-order valence-corrected chi connectivity index (χ1v) is 5.79. The first kappa shape index (κ1) is 11.2. The van der Waals surface area contributed by atoms with Crippen LogP contribution in [0.3, 0.4) is 0 Å². The molecular weight excluding hydrogens is 198 g/mol. The Morgan fingerprint density at radius 3 is 2.69 bits per heavy atom. The molecule has 1 aliphatic carbocycles. The van der Waals surface area contributed by atoms with Crippen molar-refractivity contribution in [3.8, 4) is 6.07 Å². The molecule has 0 aromatic heterocycles. The fourth-order valence-corrected chi connectivity index (χ4v) is 2.70. The number of benzene rings is 1. The van der Waals surface area contributed by atoms with Gasteiger partial charge in [-0.25, -0.2) is 0 Å². The predicted octanol–water partition coefficient (Wildman–Crippen LogP) is 2.41. The van der Waals surface area contributed by atoms with Gasteiger partial charge in [-0.05, 0) is 29.9 Å². The molecule has 84 valence electrons. The number of hydrogen-bond acceptors (Lipinski definition) is 2. The summed E-state index contributed by atoms with van der Waals surface area (Å²) in [6.07, 6.45) is 1.05. The normalized spacial score (nSPS) is 25.2. The molecule has 0 saturated heterocycles. The maximum atomic E-state index is 10.3. The number of nitriles is 1. The number of aliphatic hydroxyl groups excluding tert-OH is 1. The molecule has 2 heteroatoms. The van der Waals surface area contributed by atoms with Crippen molar-refractivity contribution >= 4 is 0 Å². The van der Waals surface area contributed by atoms with E-state index >= 15 is 0 Å². The standard InChI is InChI=1S/C14H17NO/c1-10(2)13(16)14(9-15)8-7-11-5-3-4-6-12(11)14/h3-6,10,13,16H,7-8H2,1-2H3. The Morgan fingerprint density at radius 1 is 1.38 bits per heavy atom. The maximum Gasteiger partial charge on any atom is 0.109 e.